The monoisotopic (exact) mass is 610 g/mol. The van der Waals surface area contributed by atoms with E-state index >= 15 is 0 Å². The highest BCUT2D eigenvalue weighted by Gasteiger charge is 2.21. The van der Waals surface area contributed by atoms with Crippen LogP contribution >= 0.6 is 31.9 Å². The van der Waals surface area contributed by atoms with Crippen LogP contribution < -0.4 is 9.47 Å². The Hall–Kier alpha value is -3.36. The Morgan fingerprint density at radius 1 is 0.639 bits per heavy atom. The van der Waals surface area contributed by atoms with E-state index in [-0.39, 0.29) is 11.6 Å². The van der Waals surface area contributed by atoms with Gasteiger partial charge in [0.15, 0.2) is 0 Å². The zero-order valence-electron chi connectivity index (χ0n) is 18.7. The number of ether oxygens (including phenoxy) is 2. The maximum absolute atomic E-state index is 13.3. The number of fused-ring (bicyclic) bond motifs is 4. The lowest BCUT2D eigenvalue weighted by atomic mass is 9.98. The summed E-state index contributed by atoms with van der Waals surface area (Å²) in [6, 6.07) is 16.8. The largest absolute Gasteiger partial charge is 0.487 e. The first-order valence-corrected chi connectivity index (χ1v) is 12.8. The molecule has 8 heteroatoms. The van der Waals surface area contributed by atoms with Crippen LogP contribution in [0.25, 0.3) is 11.1 Å². The summed E-state index contributed by atoms with van der Waals surface area (Å²) in [6.45, 7) is 0.688. The molecule has 36 heavy (non-hydrogen) atoms. The SMILES string of the molecule is Fc1ccc2c(c1)OCc1ncccc1/C2=C/Br.Fc1ccc2c(c1)OCc1ncccc1/C2=C\Br. The van der Waals surface area contributed by atoms with Crippen molar-refractivity contribution in [2.45, 2.75) is 13.2 Å². The second-order valence-corrected chi connectivity index (χ2v) is 8.81. The molecule has 0 spiro atoms. The second-order valence-electron chi connectivity index (χ2n) is 7.90. The predicted molar refractivity (Wildman–Crippen MR) is 142 cm³/mol. The van der Waals surface area contributed by atoms with Crippen LogP contribution in [0, 0.1) is 11.6 Å². The number of halogens is 4. The predicted octanol–water partition coefficient (Wildman–Crippen LogP) is 7.79. The zero-order chi connectivity index (χ0) is 25.1. The van der Waals surface area contributed by atoms with Crippen molar-refractivity contribution in [2.75, 3.05) is 0 Å². The minimum absolute atomic E-state index is 0.304. The Morgan fingerprint density at radius 2 is 1.08 bits per heavy atom. The number of benzene rings is 2. The summed E-state index contributed by atoms with van der Waals surface area (Å²) < 4.78 is 37.8. The van der Waals surface area contributed by atoms with Gasteiger partial charge in [0.25, 0.3) is 0 Å². The number of hydrogen-bond donors (Lipinski definition) is 0. The molecule has 4 heterocycles. The van der Waals surface area contributed by atoms with Gasteiger partial charge in [-0.25, -0.2) is 8.78 Å². The quantitative estimate of drug-likeness (QED) is 0.204. The summed E-state index contributed by atoms with van der Waals surface area (Å²) >= 11 is 6.73. The average molecular weight is 612 g/mol. The van der Waals surface area contributed by atoms with Gasteiger partial charge in [-0.15, -0.1) is 0 Å². The van der Waals surface area contributed by atoms with E-state index in [0.29, 0.717) is 24.7 Å². The number of pyridine rings is 2. The lowest BCUT2D eigenvalue weighted by molar-refractivity contribution is 0.301. The molecule has 4 aromatic rings. The molecule has 0 N–H and O–H groups in total. The van der Waals surface area contributed by atoms with Gasteiger partial charge in [0.2, 0.25) is 0 Å². The molecule has 2 aliphatic heterocycles. The van der Waals surface area contributed by atoms with Crippen molar-refractivity contribution in [3.05, 3.63) is 128 Å². The van der Waals surface area contributed by atoms with E-state index in [2.05, 4.69) is 41.8 Å². The fourth-order valence-electron chi connectivity index (χ4n) is 4.09. The van der Waals surface area contributed by atoms with Crippen LogP contribution in [-0.2, 0) is 13.2 Å². The Bertz CT molecular complexity index is 1390. The van der Waals surface area contributed by atoms with Gasteiger partial charge in [-0.05, 0) is 46.4 Å². The first-order chi connectivity index (χ1) is 17.6. The molecule has 0 bridgehead atoms. The van der Waals surface area contributed by atoms with Gasteiger partial charge in [0.1, 0.15) is 36.3 Å². The molecule has 180 valence electrons. The van der Waals surface area contributed by atoms with E-state index in [1.807, 2.05) is 34.2 Å². The highest BCUT2D eigenvalue weighted by Crippen LogP contribution is 2.38. The van der Waals surface area contributed by atoms with Gasteiger partial charge >= 0.3 is 0 Å². The van der Waals surface area contributed by atoms with E-state index in [0.717, 1.165) is 44.8 Å². The Labute approximate surface area is 223 Å². The molecule has 2 aromatic carbocycles. The molecule has 0 atom stereocenters. The molecule has 0 fully saturated rings. The van der Waals surface area contributed by atoms with Gasteiger partial charge in [-0.3, -0.25) is 9.97 Å². The van der Waals surface area contributed by atoms with Crippen molar-refractivity contribution >= 4 is 43.0 Å². The van der Waals surface area contributed by atoms with Crippen LogP contribution in [0.2, 0.25) is 0 Å². The van der Waals surface area contributed by atoms with Gasteiger partial charge in [0, 0.05) is 57.9 Å². The molecule has 6 rings (SSSR count). The van der Waals surface area contributed by atoms with E-state index in [1.54, 1.807) is 24.5 Å². The highest BCUT2D eigenvalue weighted by molar-refractivity contribution is 9.11. The Balaban J connectivity index is 0.000000148. The lowest BCUT2D eigenvalue weighted by Crippen LogP contribution is -1.98. The maximum atomic E-state index is 13.3. The molecule has 2 aromatic heterocycles. The van der Waals surface area contributed by atoms with Crippen LogP contribution in [0.1, 0.15) is 33.6 Å². The standard InChI is InChI=1S/2C14H9BrFNO/c2*15-7-12-10-2-1-5-17-13(10)8-18-14-6-9(16)3-4-11(12)14/h2*1-7H,8H2/b12-7+;12-7-. The normalized spacial score (nSPS) is 15.6. The summed E-state index contributed by atoms with van der Waals surface area (Å²) in [5.41, 5.74) is 7.32. The number of rotatable bonds is 0. The topological polar surface area (TPSA) is 44.2 Å². The van der Waals surface area contributed by atoms with Crippen LogP contribution in [0.5, 0.6) is 11.5 Å². The first kappa shape index (κ1) is 24.3. The summed E-state index contributed by atoms with van der Waals surface area (Å²) in [4.78, 5) is 12.2. The summed E-state index contributed by atoms with van der Waals surface area (Å²) in [5.74, 6) is 0.473. The summed E-state index contributed by atoms with van der Waals surface area (Å²) in [6.07, 6.45) is 3.45. The number of aromatic nitrogens is 2. The summed E-state index contributed by atoms with van der Waals surface area (Å²) in [7, 11) is 0. The number of nitrogens with zero attached hydrogens (tertiary/aromatic N) is 2. The first-order valence-electron chi connectivity index (χ1n) is 10.9. The highest BCUT2D eigenvalue weighted by atomic mass is 79.9. The van der Waals surface area contributed by atoms with Gasteiger partial charge < -0.3 is 9.47 Å². The van der Waals surface area contributed by atoms with Crippen LogP contribution in [0.4, 0.5) is 8.78 Å². The van der Waals surface area contributed by atoms with E-state index in [9.17, 15) is 8.78 Å². The minimum Gasteiger partial charge on any atom is -0.487 e. The van der Waals surface area contributed by atoms with E-state index in [4.69, 9.17) is 9.47 Å². The van der Waals surface area contributed by atoms with Gasteiger partial charge in [0.05, 0.1) is 11.4 Å². The average Bonchev–Trinajstić information content (AvgIpc) is 3.16. The molecular weight excluding hydrogens is 594 g/mol. The number of hydrogen-bond acceptors (Lipinski definition) is 4. The van der Waals surface area contributed by atoms with Crippen LogP contribution in [0.15, 0.2) is 83.0 Å². The third-order valence-corrected chi connectivity index (χ3v) is 6.69. The molecule has 0 amide bonds. The molecule has 0 aliphatic carbocycles. The van der Waals surface area contributed by atoms with Crippen molar-refractivity contribution in [3.63, 3.8) is 0 Å². The van der Waals surface area contributed by atoms with E-state index in [1.165, 1.54) is 24.3 Å². The van der Waals surface area contributed by atoms with Crippen molar-refractivity contribution in [2.24, 2.45) is 0 Å². The third kappa shape index (κ3) is 4.83. The fraction of sp³-hybridized carbons (Fsp3) is 0.0714. The van der Waals surface area contributed by atoms with Crippen molar-refractivity contribution < 1.29 is 18.3 Å². The third-order valence-electron chi connectivity index (χ3n) is 5.78. The van der Waals surface area contributed by atoms with Crippen LogP contribution in [-0.4, -0.2) is 9.97 Å². The zero-order valence-corrected chi connectivity index (χ0v) is 21.9. The van der Waals surface area contributed by atoms with Crippen molar-refractivity contribution in [1.82, 2.24) is 9.97 Å². The Kier molecular flexibility index (Phi) is 7.25. The maximum Gasteiger partial charge on any atom is 0.131 e. The molecule has 4 nitrogen and oxygen atoms in total. The molecule has 0 unspecified atom stereocenters. The Morgan fingerprint density at radius 3 is 1.50 bits per heavy atom. The molecule has 0 radical (unpaired) electrons. The minimum atomic E-state index is -0.304. The van der Waals surface area contributed by atoms with Crippen molar-refractivity contribution in [1.29, 1.82) is 0 Å². The molecule has 0 saturated carbocycles. The second kappa shape index (κ2) is 10.7. The van der Waals surface area contributed by atoms with Crippen LogP contribution in [0.3, 0.4) is 0 Å². The lowest BCUT2D eigenvalue weighted by Gasteiger charge is -2.08. The molecule has 0 saturated heterocycles. The molecular formula is C28H18Br2F2N2O2. The summed E-state index contributed by atoms with van der Waals surface area (Å²) in [5, 5.41) is 0. The van der Waals surface area contributed by atoms with Crippen molar-refractivity contribution in [3.8, 4) is 11.5 Å². The van der Waals surface area contributed by atoms with E-state index < -0.39 is 0 Å². The molecule has 2 aliphatic rings. The fourth-order valence-corrected chi connectivity index (χ4v) is 5.08. The van der Waals surface area contributed by atoms with Gasteiger partial charge in [-0.1, -0.05) is 44.0 Å². The van der Waals surface area contributed by atoms with Gasteiger partial charge in [-0.2, -0.15) is 0 Å². The smallest absolute Gasteiger partial charge is 0.131 e.